The van der Waals surface area contributed by atoms with Gasteiger partial charge >= 0.3 is 5.97 Å². The summed E-state index contributed by atoms with van der Waals surface area (Å²) in [5, 5.41) is 21.8. The number of allylic oxidation sites excluding steroid dienone is 1. The Bertz CT molecular complexity index is 877. The predicted octanol–water partition coefficient (Wildman–Crippen LogP) is 4.89. The Morgan fingerprint density at radius 3 is 2.46 bits per heavy atom. The third-order valence-electron chi connectivity index (χ3n) is 5.08. The van der Waals surface area contributed by atoms with Crippen LogP contribution in [0.2, 0.25) is 0 Å². The number of rotatable bonds is 4. The second-order valence-electron chi connectivity index (χ2n) is 7.36. The van der Waals surface area contributed by atoms with Crippen LogP contribution in [0.1, 0.15) is 59.3 Å². The van der Waals surface area contributed by atoms with Crippen LogP contribution in [-0.2, 0) is 11.8 Å². The summed E-state index contributed by atoms with van der Waals surface area (Å²) in [6, 6.07) is 12.8. The molecule has 0 unspecified atom stereocenters. The van der Waals surface area contributed by atoms with Crippen molar-refractivity contribution in [2.24, 2.45) is 5.16 Å². The highest BCUT2D eigenvalue weighted by Crippen LogP contribution is 2.37. The van der Waals surface area contributed by atoms with Crippen LogP contribution in [-0.4, -0.2) is 22.0 Å². The van der Waals surface area contributed by atoms with E-state index in [2.05, 4.69) is 31.1 Å². The van der Waals surface area contributed by atoms with Gasteiger partial charge in [0.25, 0.3) is 0 Å². The lowest BCUT2D eigenvalue weighted by atomic mass is 9.72. The number of carboxylic acid groups (broad SMARTS) is 1. The van der Waals surface area contributed by atoms with Gasteiger partial charge in [-0.3, -0.25) is 0 Å². The molecule has 134 valence electrons. The van der Waals surface area contributed by atoms with Gasteiger partial charge in [0.1, 0.15) is 5.71 Å². The summed E-state index contributed by atoms with van der Waals surface area (Å²) >= 11 is 0. The molecule has 0 fully saturated rings. The molecular formula is C22H23NO3. The number of aromatic carboxylic acids is 1. The third-order valence-corrected chi connectivity index (χ3v) is 5.08. The average Bonchev–Trinajstić information content (AvgIpc) is 2.62. The van der Waals surface area contributed by atoms with Crippen molar-refractivity contribution in [2.45, 2.75) is 38.5 Å². The highest BCUT2D eigenvalue weighted by atomic mass is 16.4. The molecule has 0 saturated carbocycles. The Morgan fingerprint density at radius 2 is 1.81 bits per heavy atom. The van der Waals surface area contributed by atoms with Crippen molar-refractivity contribution >= 4 is 17.8 Å². The normalized spacial score (nSPS) is 16.5. The van der Waals surface area contributed by atoms with Crippen molar-refractivity contribution in [2.75, 3.05) is 0 Å². The molecule has 0 saturated heterocycles. The molecule has 0 bridgehead atoms. The van der Waals surface area contributed by atoms with Gasteiger partial charge in [0.05, 0.1) is 5.56 Å². The van der Waals surface area contributed by atoms with Crippen molar-refractivity contribution < 1.29 is 15.1 Å². The minimum atomic E-state index is -0.949. The van der Waals surface area contributed by atoms with E-state index in [1.807, 2.05) is 12.1 Å². The molecule has 26 heavy (non-hydrogen) atoms. The van der Waals surface area contributed by atoms with E-state index in [9.17, 15) is 10.0 Å². The number of benzene rings is 2. The highest BCUT2D eigenvalue weighted by Gasteiger charge is 2.27. The largest absolute Gasteiger partial charge is 0.478 e. The summed E-state index contributed by atoms with van der Waals surface area (Å²) in [4.78, 5) is 10.9. The standard InChI is InChI=1S/C22H23NO3/c1-22(2)13-3-4-17-14-18(10-11-19(17)22)20(23-26)12-7-15-5-8-16(9-6-15)21(24)25/h5-12,14,26H,3-4,13H2,1-2H3,(H,24,25)/b12-7-,23-20?. The van der Waals surface area contributed by atoms with Crippen LogP contribution in [0, 0.1) is 0 Å². The molecule has 1 aliphatic carbocycles. The van der Waals surface area contributed by atoms with E-state index in [1.165, 1.54) is 24.0 Å². The van der Waals surface area contributed by atoms with Crippen LogP contribution in [0.15, 0.2) is 53.7 Å². The van der Waals surface area contributed by atoms with E-state index in [1.54, 1.807) is 30.3 Å². The van der Waals surface area contributed by atoms with Crippen molar-refractivity contribution in [3.63, 3.8) is 0 Å². The molecule has 2 N–H and O–H groups in total. The molecular weight excluding hydrogens is 326 g/mol. The van der Waals surface area contributed by atoms with Gasteiger partial charge in [-0.15, -0.1) is 0 Å². The maximum Gasteiger partial charge on any atom is 0.335 e. The van der Waals surface area contributed by atoms with E-state index >= 15 is 0 Å². The van der Waals surface area contributed by atoms with Gasteiger partial charge < -0.3 is 10.3 Å². The van der Waals surface area contributed by atoms with Gasteiger partial charge in [0.2, 0.25) is 0 Å². The highest BCUT2D eigenvalue weighted by molar-refractivity contribution is 6.10. The van der Waals surface area contributed by atoms with E-state index in [-0.39, 0.29) is 11.0 Å². The van der Waals surface area contributed by atoms with E-state index in [0.717, 1.165) is 17.5 Å². The topological polar surface area (TPSA) is 69.9 Å². The Morgan fingerprint density at radius 1 is 1.12 bits per heavy atom. The van der Waals surface area contributed by atoms with Crippen LogP contribution in [0.4, 0.5) is 0 Å². The number of carbonyl (C=O) groups is 1. The minimum absolute atomic E-state index is 0.185. The first kappa shape index (κ1) is 17.9. The number of nitrogens with zero attached hydrogens (tertiary/aromatic N) is 1. The first-order chi connectivity index (χ1) is 12.4. The first-order valence-electron chi connectivity index (χ1n) is 8.78. The number of fused-ring (bicyclic) bond motifs is 1. The van der Waals surface area contributed by atoms with Gasteiger partial charge in [0.15, 0.2) is 0 Å². The van der Waals surface area contributed by atoms with Gasteiger partial charge in [-0.2, -0.15) is 0 Å². The first-order valence-corrected chi connectivity index (χ1v) is 8.78. The second kappa shape index (κ2) is 7.16. The summed E-state index contributed by atoms with van der Waals surface area (Å²) in [5.74, 6) is -0.949. The summed E-state index contributed by atoms with van der Waals surface area (Å²) in [6.07, 6.45) is 6.95. The van der Waals surface area contributed by atoms with Crippen molar-refractivity contribution in [1.82, 2.24) is 0 Å². The Balaban J connectivity index is 1.84. The van der Waals surface area contributed by atoms with Crippen LogP contribution in [0.5, 0.6) is 0 Å². The summed E-state index contributed by atoms with van der Waals surface area (Å²) in [5.41, 5.74) is 5.33. The van der Waals surface area contributed by atoms with Crippen molar-refractivity contribution in [3.05, 3.63) is 76.4 Å². The quantitative estimate of drug-likeness (QED) is 0.469. The zero-order chi connectivity index (χ0) is 18.7. The molecule has 2 aromatic carbocycles. The van der Waals surface area contributed by atoms with E-state index in [0.29, 0.717) is 5.71 Å². The summed E-state index contributed by atoms with van der Waals surface area (Å²) < 4.78 is 0. The molecule has 2 aromatic rings. The zero-order valence-electron chi connectivity index (χ0n) is 15.1. The number of aryl methyl sites for hydroxylation is 1. The minimum Gasteiger partial charge on any atom is -0.478 e. The predicted molar refractivity (Wildman–Crippen MR) is 103 cm³/mol. The van der Waals surface area contributed by atoms with Crippen LogP contribution in [0.25, 0.3) is 6.08 Å². The SMILES string of the molecule is CC1(C)CCCc2cc(C(/C=C\c3ccc(C(=O)O)cc3)=NO)ccc21. The molecule has 4 nitrogen and oxygen atoms in total. The molecule has 3 rings (SSSR count). The van der Waals surface area contributed by atoms with E-state index < -0.39 is 5.97 Å². The molecule has 0 atom stereocenters. The van der Waals surface area contributed by atoms with Crippen LogP contribution < -0.4 is 0 Å². The average molecular weight is 349 g/mol. The number of hydrogen-bond donors (Lipinski definition) is 2. The fourth-order valence-corrected chi connectivity index (χ4v) is 3.57. The fourth-order valence-electron chi connectivity index (χ4n) is 3.57. The second-order valence-corrected chi connectivity index (χ2v) is 7.36. The Labute approximate surface area is 153 Å². The van der Waals surface area contributed by atoms with Gasteiger partial charge in [0, 0.05) is 5.56 Å². The number of hydrogen-bond acceptors (Lipinski definition) is 3. The molecule has 1 aliphatic rings. The summed E-state index contributed by atoms with van der Waals surface area (Å²) in [7, 11) is 0. The molecule has 0 heterocycles. The summed E-state index contributed by atoms with van der Waals surface area (Å²) in [6.45, 7) is 4.54. The lowest BCUT2D eigenvalue weighted by Crippen LogP contribution is -2.24. The number of oxime groups is 1. The fraction of sp³-hybridized carbons (Fsp3) is 0.273. The van der Waals surface area contributed by atoms with Gasteiger partial charge in [-0.05, 0) is 65.6 Å². The molecule has 0 amide bonds. The smallest absolute Gasteiger partial charge is 0.335 e. The van der Waals surface area contributed by atoms with Gasteiger partial charge in [-0.1, -0.05) is 49.3 Å². The van der Waals surface area contributed by atoms with E-state index in [4.69, 9.17) is 5.11 Å². The molecule has 0 radical (unpaired) electrons. The molecule has 0 spiro atoms. The van der Waals surface area contributed by atoms with Crippen molar-refractivity contribution in [1.29, 1.82) is 0 Å². The maximum atomic E-state index is 10.9. The van der Waals surface area contributed by atoms with Gasteiger partial charge in [-0.25, -0.2) is 4.79 Å². The zero-order valence-corrected chi connectivity index (χ0v) is 15.1. The molecule has 0 aromatic heterocycles. The monoisotopic (exact) mass is 349 g/mol. The Hall–Kier alpha value is -2.88. The maximum absolute atomic E-state index is 10.9. The van der Waals surface area contributed by atoms with Crippen LogP contribution >= 0.6 is 0 Å². The third kappa shape index (κ3) is 3.69. The molecule has 4 heteroatoms. The number of carboxylic acids is 1. The van der Waals surface area contributed by atoms with Crippen LogP contribution in [0.3, 0.4) is 0 Å². The van der Waals surface area contributed by atoms with Crippen molar-refractivity contribution in [3.8, 4) is 0 Å². The lowest BCUT2D eigenvalue weighted by Gasteiger charge is -2.32. The Kier molecular flexibility index (Phi) is 4.94. The lowest BCUT2D eigenvalue weighted by molar-refractivity contribution is 0.0697. The molecule has 0 aliphatic heterocycles.